The van der Waals surface area contributed by atoms with Gasteiger partial charge in [-0.15, -0.1) is 0 Å². The summed E-state index contributed by atoms with van der Waals surface area (Å²) in [5, 5.41) is 5.62. The fraction of sp³-hybridized carbons (Fsp3) is 0.429. The van der Waals surface area contributed by atoms with E-state index >= 15 is 0 Å². The third-order valence-corrected chi connectivity index (χ3v) is 8.54. The van der Waals surface area contributed by atoms with E-state index in [0.717, 1.165) is 0 Å². The van der Waals surface area contributed by atoms with E-state index in [1.807, 2.05) is 12.1 Å². The number of halogens is 1. The molecule has 0 unspecified atom stereocenters. The van der Waals surface area contributed by atoms with Crippen LogP contribution in [0.4, 0.5) is 4.79 Å². The largest absolute Gasteiger partial charge is 0.434 e. The number of ketones is 1. The number of oxazole rings is 1. The minimum Gasteiger partial charge on any atom is -0.434 e. The highest BCUT2D eigenvalue weighted by Crippen LogP contribution is 2.19. The molecule has 1 aromatic heterocycles. The summed E-state index contributed by atoms with van der Waals surface area (Å²) >= 11 is 6.14. The SMILES string of the molecule is O=C(CCCCCNC(=O)[C@H](CS(=O)(=O)Cc1ccccc1Cl)NC(=O)N1CCOCC1)c1nc2ccccc2o1. The Morgan fingerprint density at radius 1 is 1.00 bits per heavy atom. The molecule has 1 atom stereocenters. The van der Waals surface area contributed by atoms with Crippen LogP contribution in [0, 0.1) is 0 Å². The number of benzene rings is 2. The van der Waals surface area contributed by atoms with E-state index in [1.165, 1.54) is 4.90 Å². The molecule has 0 radical (unpaired) electrons. The molecule has 0 bridgehead atoms. The van der Waals surface area contributed by atoms with Crippen molar-refractivity contribution in [3.8, 4) is 0 Å². The molecule has 2 aromatic carbocycles. The number of hydrogen-bond acceptors (Lipinski definition) is 8. The molecule has 0 spiro atoms. The number of nitrogens with one attached hydrogen (secondary N) is 2. The number of Topliss-reactive ketones (excluding diaryl/α,β-unsaturated/α-hetero) is 1. The average Bonchev–Trinajstić information content (AvgIpc) is 3.40. The van der Waals surface area contributed by atoms with Crippen LogP contribution in [0.5, 0.6) is 0 Å². The lowest BCUT2D eigenvalue weighted by Gasteiger charge is -2.29. The standard InChI is InChI=1S/C28H33ClN4O7S/c29-21-9-4-3-8-20(21)18-41(37,38)19-23(32-28(36)33-14-16-39-17-15-33)26(35)30-13-7-1-2-11-24(34)27-31-22-10-5-6-12-25(22)40-27/h3-6,8-10,12,23H,1-2,7,11,13-19H2,(H,30,35)(H,32,36)/t23-/m0/s1. The smallest absolute Gasteiger partial charge is 0.318 e. The zero-order valence-corrected chi connectivity index (χ0v) is 24.1. The van der Waals surface area contributed by atoms with Gasteiger partial charge in [-0.1, -0.05) is 48.4 Å². The van der Waals surface area contributed by atoms with Crippen molar-refractivity contribution in [2.45, 2.75) is 37.5 Å². The Morgan fingerprint density at radius 3 is 2.49 bits per heavy atom. The quantitative estimate of drug-likeness (QED) is 0.223. The molecule has 4 rings (SSSR count). The summed E-state index contributed by atoms with van der Waals surface area (Å²) in [4.78, 5) is 43.9. The summed E-state index contributed by atoms with van der Waals surface area (Å²) in [6.07, 6.45) is 2.01. The fourth-order valence-electron chi connectivity index (χ4n) is 4.38. The monoisotopic (exact) mass is 604 g/mol. The molecule has 1 saturated heterocycles. The summed E-state index contributed by atoms with van der Waals surface area (Å²) in [6.45, 7) is 1.67. The molecule has 3 aromatic rings. The van der Waals surface area contributed by atoms with E-state index in [9.17, 15) is 22.8 Å². The molecule has 11 nitrogen and oxygen atoms in total. The molecule has 1 aliphatic rings. The van der Waals surface area contributed by atoms with Crippen LogP contribution in [0.25, 0.3) is 11.1 Å². The van der Waals surface area contributed by atoms with Crippen LogP contribution in [0.15, 0.2) is 52.9 Å². The summed E-state index contributed by atoms with van der Waals surface area (Å²) in [7, 11) is -3.82. The number of amides is 3. The summed E-state index contributed by atoms with van der Waals surface area (Å²) in [5.41, 5.74) is 1.60. The van der Waals surface area contributed by atoms with Crippen molar-refractivity contribution in [2.75, 3.05) is 38.6 Å². The second-order valence-electron chi connectivity index (χ2n) is 9.76. The minimum absolute atomic E-state index is 0.0800. The molecule has 13 heteroatoms. The van der Waals surface area contributed by atoms with Gasteiger partial charge in [0.1, 0.15) is 11.6 Å². The summed E-state index contributed by atoms with van der Waals surface area (Å²) in [5.74, 6) is -1.66. The van der Waals surface area contributed by atoms with Crippen molar-refractivity contribution >= 4 is 50.3 Å². The Kier molecular flexibility index (Phi) is 10.7. The van der Waals surface area contributed by atoms with Gasteiger partial charge in [0.25, 0.3) is 5.89 Å². The highest BCUT2D eigenvalue weighted by atomic mass is 35.5. The van der Waals surface area contributed by atoms with Crippen LogP contribution in [-0.2, 0) is 25.1 Å². The summed E-state index contributed by atoms with van der Waals surface area (Å²) < 4.78 is 36.8. The molecular formula is C28H33ClN4O7S. The lowest BCUT2D eigenvalue weighted by atomic mass is 10.1. The van der Waals surface area contributed by atoms with Crippen LogP contribution in [-0.4, -0.2) is 80.7 Å². The number of sulfone groups is 1. The van der Waals surface area contributed by atoms with Gasteiger partial charge in [-0.2, -0.15) is 0 Å². The number of urea groups is 1. The van der Waals surface area contributed by atoms with Crippen molar-refractivity contribution in [3.05, 3.63) is 65.0 Å². The lowest BCUT2D eigenvalue weighted by molar-refractivity contribution is -0.122. The van der Waals surface area contributed by atoms with Gasteiger partial charge in [0.2, 0.25) is 11.7 Å². The Hall–Kier alpha value is -3.48. The number of ether oxygens (including phenoxy) is 1. The molecule has 2 heterocycles. The lowest BCUT2D eigenvalue weighted by Crippen LogP contribution is -2.55. The van der Waals surface area contributed by atoms with Crippen LogP contribution >= 0.6 is 11.6 Å². The highest BCUT2D eigenvalue weighted by Gasteiger charge is 2.30. The third-order valence-electron chi connectivity index (χ3n) is 6.58. The maximum Gasteiger partial charge on any atom is 0.318 e. The van der Waals surface area contributed by atoms with E-state index in [-0.39, 0.29) is 30.4 Å². The first-order valence-corrected chi connectivity index (χ1v) is 15.7. The van der Waals surface area contributed by atoms with E-state index in [4.69, 9.17) is 20.8 Å². The van der Waals surface area contributed by atoms with Gasteiger partial charge in [-0.05, 0) is 36.6 Å². The number of nitrogens with zero attached hydrogens (tertiary/aromatic N) is 2. The van der Waals surface area contributed by atoms with E-state index in [0.29, 0.717) is 67.3 Å². The van der Waals surface area contributed by atoms with Crippen LogP contribution in [0.3, 0.4) is 0 Å². The zero-order chi connectivity index (χ0) is 29.2. The van der Waals surface area contributed by atoms with Crippen molar-refractivity contribution in [3.63, 3.8) is 0 Å². The van der Waals surface area contributed by atoms with Crippen LogP contribution in [0.2, 0.25) is 5.02 Å². The molecule has 3 amide bonds. The maximum atomic E-state index is 13.0. The van der Waals surface area contributed by atoms with Gasteiger partial charge < -0.3 is 24.7 Å². The number of rotatable bonds is 13. The minimum atomic E-state index is -3.82. The molecule has 220 valence electrons. The third kappa shape index (κ3) is 9.00. The van der Waals surface area contributed by atoms with E-state index in [2.05, 4.69) is 15.6 Å². The van der Waals surface area contributed by atoms with Gasteiger partial charge in [0.05, 0.1) is 24.7 Å². The number of unbranched alkanes of at least 4 members (excludes halogenated alkanes) is 2. The molecule has 0 aliphatic carbocycles. The molecule has 0 saturated carbocycles. The van der Waals surface area contributed by atoms with Gasteiger partial charge in [-0.25, -0.2) is 18.2 Å². The average molecular weight is 605 g/mol. The van der Waals surface area contributed by atoms with Crippen molar-refractivity contribution in [1.82, 2.24) is 20.5 Å². The number of carbonyl (C=O) groups is 3. The first kappa shape index (κ1) is 30.5. The Morgan fingerprint density at radius 2 is 1.73 bits per heavy atom. The second kappa shape index (κ2) is 14.4. The molecule has 2 N–H and O–H groups in total. The maximum absolute atomic E-state index is 13.0. The fourth-order valence-corrected chi connectivity index (χ4v) is 6.24. The highest BCUT2D eigenvalue weighted by molar-refractivity contribution is 7.90. The molecule has 41 heavy (non-hydrogen) atoms. The van der Waals surface area contributed by atoms with Gasteiger partial charge in [-0.3, -0.25) is 9.59 Å². The Labute approximate surface area is 243 Å². The molecular weight excluding hydrogens is 572 g/mol. The number of hydrogen-bond donors (Lipinski definition) is 2. The second-order valence-corrected chi connectivity index (χ2v) is 12.3. The van der Waals surface area contributed by atoms with E-state index in [1.54, 1.807) is 36.4 Å². The predicted octanol–water partition coefficient (Wildman–Crippen LogP) is 3.37. The Balaban J connectivity index is 1.28. The van der Waals surface area contributed by atoms with Crippen molar-refractivity contribution in [1.29, 1.82) is 0 Å². The Bertz CT molecular complexity index is 1440. The number of carbonyl (C=O) groups excluding carboxylic acids is 3. The molecule has 1 aliphatic heterocycles. The topological polar surface area (TPSA) is 148 Å². The van der Waals surface area contributed by atoms with Crippen LogP contribution < -0.4 is 10.6 Å². The zero-order valence-electron chi connectivity index (χ0n) is 22.5. The molecule has 1 fully saturated rings. The normalized spacial score (nSPS) is 14.5. The van der Waals surface area contributed by atoms with Gasteiger partial charge in [0, 0.05) is 31.1 Å². The first-order chi connectivity index (χ1) is 19.7. The number of aromatic nitrogens is 1. The van der Waals surface area contributed by atoms with Crippen molar-refractivity contribution in [2.24, 2.45) is 0 Å². The first-order valence-electron chi connectivity index (χ1n) is 13.5. The van der Waals surface area contributed by atoms with Crippen molar-refractivity contribution < 1.29 is 32.0 Å². The van der Waals surface area contributed by atoms with E-state index < -0.39 is 33.6 Å². The summed E-state index contributed by atoms with van der Waals surface area (Å²) in [6, 6.07) is 11.9. The number of fused-ring (bicyclic) bond motifs is 1. The number of morpholine rings is 1. The van der Waals surface area contributed by atoms with Gasteiger partial charge in [0.15, 0.2) is 15.4 Å². The predicted molar refractivity (Wildman–Crippen MR) is 153 cm³/mol. The van der Waals surface area contributed by atoms with Crippen LogP contribution in [0.1, 0.15) is 41.9 Å². The van der Waals surface area contributed by atoms with Gasteiger partial charge >= 0.3 is 6.03 Å². The number of para-hydroxylation sites is 2.